The van der Waals surface area contributed by atoms with Crippen LogP contribution in [0.25, 0.3) is 0 Å². The summed E-state index contributed by atoms with van der Waals surface area (Å²) in [7, 11) is 0. The fourth-order valence-electron chi connectivity index (χ4n) is 1.76. The van der Waals surface area contributed by atoms with Crippen molar-refractivity contribution in [2.24, 2.45) is 0 Å². The van der Waals surface area contributed by atoms with E-state index in [4.69, 9.17) is 0 Å². The topological polar surface area (TPSA) is 12.0 Å². The molecule has 10 heavy (non-hydrogen) atoms. The van der Waals surface area contributed by atoms with E-state index in [1.807, 2.05) is 0 Å². The van der Waals surface area contributed by atoms with E-state index in [-0.39, 0.29) is 0 Å². The molecule has 1 aliphatic carbocycles. The van der Waals surface area contributed by atoms with Crippen LogP contribution in [-0.2, 0) is 0 Å². The summed E-state index contributed by atoms with van der Waals surface area (Å²) in [6.07, 6.45) is 5.78. The van der Waals surface area contributed by atoms with Crippen molar-refractivity contribution in [1.82, 2.24) is 5.32 Å². The second-order valence-electron chi connectivity index (χ2n) is 3.38. The Kier molecular flexibility index (Phi) is 2.19. The Labute approximate surface area is 67.0 Å². The highest BCUT2D eigenvalue weighted by atomic mass is 32.2. The van der Waals surface area contributed by atoms with Crippen LogP contribution in [0, 0.1) is 0 Å². The van der Waals surface area contributed by atoms with E-state index < -0.39 is 0 Å². The van der Waals surface area contributed by atoms with Crippen LogP contribution < -0.4 is 5.32 Å². The van der Waals surface area contributed by atoms with Gasteiger partial charge in [0.15, 0.2) is 0 Å². The molecule has 2 aliphatic rings. The molecule has 0 bridgehead atoms. The first-order valence-corrected chi connectivity index (χ1v) is 5.44. The third-order valence-corrected chi connectivity index (χ3v) is 3.74. The number of rotatable bonds is 2. The lowest BCUT2D eigenvalue weighted by atomic mass is 10.2. The molecule has 0 radical (unpaired) electrons. The predicted octanol–water partition coefficient (Wildman–Crippen LogP) is 1.63. The van der Waals surface area contributed by atoms with Crippen molar-refractivity contribution in [3.05, 3.63) is 0 Å². The third-order valence-electron chi connectivity index (χ3n) is 2.46. The van der Waals surface area contributed by atoms with Gasteiger partial charge in [0.2, 0.25) is 0 Å². The van der Waals surface area contributed by atoms with Crippen molar-refractivity contribution in [2.75, 3.05) is 11.5 Å². The summed E-state index contributed by atoms with van der Waals surface area (Å²) in [5.41, 5.74) is 0. The van der Waals surface area contributed by atoms with Gasteiger partial charge in [-0.15, -0.1) is 0 Å². The van der Waals surface area contributed by atoms with Gasteiger partial charge in [0.25, 0.3) is 0 Å². The van der Waals surface area contributed by atoms with Crippen LogP contribution in [0.5, 0.6) is 0 Å². The average molecular weight is 157 g/mol. The Morgan fingerprint density at radius 2 is 1.70 bits per heavy atom. The van der Waals surface area contributed by atoms with Crippen LogP contribution >= 0.6 is 11.8 Å². The molecule has 0 aromatic rings. The van der Waals surface area contributed by atoms with Gasteiger partial charge in [0, 0.05) is 23.6 Å². The van der Waals surface area contributed by atoms with Gasteiger partial charge < -0.3 is 5.32 Å². The second kappa shape index (κ2) is 3.14. The highest BCUT2D eigenvalue weighted by Crippen LogP contribution is 2.23. The number of hydrogen-bond donors (Lipinski definition) is 1. The standard InChI is InChI=1S/C8H15NS/c1-2-4-7(3-1)9-8-5-10-6-8/h7-9H,1-6H2. The highest BCUT2D eigenvalue weighted by molar-refractivity contribution is 8.00. The van der Waals surface area contributed by atoms with E-state index in [0.717, 1.165) is 12.1 Å². The van der Waals surface area contributed by atoms with E-state index in [9.17, 15) is 0 Å². The first-order chi connectivity index (χ1) is 4.95. The smallest absolute Gasteiger partial charge is 0.0251 e. The van der Waals surface area contributed by atoms with Crippen molar-refractivity contribution < 1.29 is 0 Å². The summed E-state index contributed by atoms with van der Waals surface area (Å²) in [5.74, 6) is 2.72. The summed E-state index contributed by atoms with van der Waals surface area (Å²) >= 11 is 2.07. The Bertz CT molecular complexity index is 106. The zero-order valence-corrected chi connectivity index (χ0v) is 7.12. The van der Waals surface area contributed by atoms with Gasteiger partial charge in [0.1, 0.15) is 0 Å². The minimum absolute atomic E-state index is 0.869. The van der Waals surface area contributed by atoms with Gasteiger partial charge >= 0.3 is 0 Å². The molecule has 1 N–H and O–H groups in total. The molecule has 58 valence electrons. The Morgan fingerprint density at radius 1 is 1.00 bits per heavy atom. The highest BCUT2D eigenvalue weighted by Gasteiger charge is 2.23. The van der Waals surface area contributed by atoms with Gasteiger partial charge in [-0.1, -0.05) is 12.8 Å². The SMILES string of the molecule is C1CCC(NC2CSC2)C1. The number of hydrogen-bond acceptors (Lipinski definition) is 2. The molecule has 1 nitrogen and oxygen atoms in total. The molecule has 0 atom stereocenters. The van der Waals surface area contributed by atoms with E-state index >= 15 is 0 Å². The van der Waals surface area contributed by atoms with Gasteiger partial charge in [-0.25, -0.2) is 0 Å². The van der Waals surface area contributed by atoms with Crippen LogP contribution in [0.15, 0.2) is 0 Å². The molecule has 0 unspecified atom stereocenters. The molecule has 2 rings (SSSR count). The molecule has 1 heterocycles. The maximum absolute atomic E-state index is 3.69. The Morgan fingerprint density at radius 3 is 2.20 bits per heavy atom. The van der Waals surface area contributed by atoms with E-state index in [0.29, 0.717) is 0 Å². The lowest BCUT2D eigenvalue weighted by Crippen LogP contribution is -2.45. The molecule has 2 heteroatoms. The first kappa shape index (κ1) is 6.99. The molecule has 0 aromatic heterocycles. The molecule has 2 fully saturated rings. The van der Waals surface area contributed by atoms with E-state index in [2.05, 4.69) is 17.1 Å². The first-order valence-electron chi connectivity index (χ1n) is 4.29. The maximum Gasteiger partial charge on any atom is 0.0251 e. The van der Waals surface area contributed by atoms with Crippen LogP contribution in [0.4, 0.5) is 0 Å². The van der Waals surface area contributed by atoms with Crippen LogP contribution in [-0.4, -0.2) is 23.6 Å². The van der Waals surface area contributed by atoms with Crippen molar-refractivity contribution in [2.45, 2.75) is 37.8 Å². The quantitative estimate of drug-likeness (QED) is 0.654. The normalized spacial score (nSPS) is 28.8. The van der Waals surface area contributed by atoms with E-state index in [1.165, 1.54) is 37.2 Å². The summed E-state index contributed by atoms with van der Waals surface area (Å²) in [5, 5.41) is 3.69. The Hall–Kier alpha value is 0.310. The summed E-state index contributed by atoms with van der Waals surface area (Å²) < 4.78 is 0. The Balaban J connectivity index is 1.68. The van der Waals surface area contributed by atoms with Crippen molar-refractivity contribution in [3.63, 3.8) is 0 Å². The fourth-order valence-corrected chi connectivity index (χ4v) is 2.42. The number of nitrogens with one attached hydrogen (secondary N) is 1. The molecule has 0 spiro atoms. The van der Waals surface area contributed by atoms with Gasteiger partial charge in [0.05, 0.1) is 0 Å². The van der Waals surface area contributed by atoms with E-state index in [1.54, 1.807) is 0 Å². The lowest BCUT2D eigenvalue weighted by molar-refractivity contribution is 0.468. The van der Waals surface area contributed by atoms with Crippen molar-refractivity contribution >= 4 is 11.8 Å². The predicted molar refractivity (Wildman–Crippen MR) is 46.5 cm³/mol. The van der Waals surface area contributed by atoms with Crippen LogP contribution in [0.2, 0.25) is 0 Å². The van der Waals surface area contributed by atoms with Crippen LogP contribution in [0.1, 0.15) is 25.7 Å². The maximum atomic E-state index is 3.69. The number of thioether (sulfide) groups is 1. The minimum Gasteiger partial charge on any atom is -0.310 e. The summed E-state index contributed by atoms with van der Waals surface area (Å²) in [6, 6.07) is 1.75. The lowest BCUT2D eigenvalue weighted by Gasteiger charge is -2.29. The van der Waals surface area contributed by atoms with Gasteiger partial charge in [-0.3, -0.25) is 0 Å². The molecule has 1 saturated carbocycles. The van der Waals surface area contributed by atoms with Crippen molar-refractivity contribution in [3.8, 4) is 0 Å². The average Bonchev–Trinajstić information content (AvgIpc) is 2.29. The summed E-state index contributed by atoms with van der Waals surface area (Å²) in [4.78, 5) is 0. The van der Waals surface area contributed by atoms with Gasteiger partial charge in [-0.2, -0.15) is 11.8 Å². The molecule has 1 saturated heterocycles. The molecular weight excluding hydrogens is 142 g/mol. The molecule has 0 aromatic carbocycles. The largest absolute Gasteiger partial charge is 0.310 e. The monoisotopic (exact) mass is 157 g/mol. The minimum atomic E-state index is 0.869. The van der Waals surface area contributed by atoms with Crippen LogP contribution in [0.3, 0.4) is 0 Å². The molecular formula is C8H15NS. The fraction of sp³-hybridized carbons (Fsp3) is 1.00. The third kappa shape index (κ3) is 1.48. The molecule has 0 amide bonds. The second-order valence-corrected chi connectivity index (χ2v) is 4.46. The zero-order chi connectivity index (χ0) is 6.81. The zero-order valence-electron chi connectivity index (χ0n) is 6.31. The van der Waals surface area contributed by atoms with Crippen molar-refractivity contribution in [1.29, 1.82) is 0 Å². The molecule has 1 aliphatic heterocycles. The van der Waals surface area contributed by atoms with Gasteiger partial charge in [-0.05, 0) is 12.8 Å². The summed E-state index contributed by atoms with van der Waals surface area (Å²) in [6.45, 7) is 0.